The van der Waals surface area contributed by atoms with Crippen molar-refractivity contribution in [1.29, 1.82) is 0 Å². The summed E-state index contributed by atoms with van der Waals surface area (Å²) in [6.45, 7) is 4.37. The quantitative estimate of drug-likeness (QED) is 0.213. The summed E-state index contributed by atoms with van der Waals surface area (Å²) in [5.74, 6) is -2.49. The van der Waals surface area contributed by atoms with E-state index in [1.54, 1.807) is 0 Å². The van der Waals surface area contributed by atoms with Crippen molar-refractivity contribution in [2.45, 2.75) is 84.5 Å². The minimum absolute atomic E-state index is 0.0855. The van der Waals surface area contributed by atoms with Gasteiger partial charge in [0.2, 0.25) is 0 Å². The first-order valence-corrected chi connectivity index (χ1v) is 10.6. The summed E-state index contributed by atoms with van der Waals surface area (Å²) < 4.78 is 9.77. The fourth-order valence-corrected chi connectivity index (χ4v) is 3.01. The predicted octanol–water partition coefficient (Wildman–Crippen LogP) is 4.91. The standard InChI is InChI=1S/C22H38O6/c1-4-6-13-16-28-21(24)17-19(22(25)26)18(5-2)14-11-9-7-8-10-12-15-20(23)27-3/h11,14,18-19H,4-10,12-13,15-17H2,1-3H3,(H,25,26)/b14-11+. The Kier molecular flexibility index (Phi) is 16.1. The summed E-state index contributed by atoms with van der Waals surface area (Å²) in [5, 5.41) is 9.52. The fourth-order valence-electron chi connectivity index (χ4n) is 3.01. The zero-order valence-corrected chi connectivity index (χ0v) is 17.8. The molecule has 0 heterocycles. The van der Waals surface area contributed by atoms with Gasteiger partial charge in [0.05, 0.1) is 26.1 Å². The van der Waals surface area contributed by atoms with Gasteiger partial charge in [-0.25, -0.2) is 0 Å². The van der Waals surface area contributed by atoms with Crippen LogP contribution < -0.4 is 0 Å². The molecule has 0 aromatic carbocycles. The van der Waals surface area contributed by atoms with Gasteiger partial charge in [-0.05, 0) is 38.0 Å². The van der Waals surface area contributed by atoms with Crippen LogP contribution in [0.15, 0.2) is 12.2 Å². The predicted molar refractivity (Wildman–Crippen MR) is 109 cm³/mol. The minimum atomic E-state index is -0.954. The molecule has 0 amide bonds. The number of carbonyl (C=O) groups is 3. The number of hydrogen-bond acceptors (Lipinski definition) is 5. The maximum atomic E-state index is 11.9. The number of esters is 2. The van der Waals surface area contributed by atoms with Crippen LogP contribution in [0.2, 0.25) is 0 Å². The number of carbonyl (C=O) groups excluding carboxylic acids is 2. The van der Waals surface area contributed by atoms with E-state index in [0.29, 0.717) is 19.4 Å². The second-order valence-electron chi connectivity index (χ2n) is 7.11. The van der Waals surface area contributed by atoms with Crippen molar-refractivity contribution in [3.8, 4) is 0 Å². The molecule has 0 aliphatic rings. The molecule has 0 radical (unpaired) electrons. The zero-order chi connectivity index (χ0) is 21.2. The largest absolute Gasteiger partial charge is 0.481 e. The zero-order valence-electron chi connectivity index (χ0n) is 17.8. The molecular weight excluding hydrogens is 360 g/mol. The number of hydrogen-bond donors (Lipinski definition) is 1. The molecule has 28 heavy (non-hydrogen) atoms. The Balaban J connectivity index is 4.26. The number of aliphatic carboxylic acids is 1. The van der Waals surface area contributed by atoms with Crippen LogP contribution in [0.5, 0.6) is 0 Å². The third-order valence-electron chi connectivity index (χ3n) is 4.82. The van der Waals surface area contributed by atoms with E-state index in [1.807, 2.05) is 19.1 Å². The van der Waals surface area contributed by atoms with E-state index in [-0.39, 0.29) is 18.3 Å². The van der Waals surface area contributed by atoms with Gasteiger partial charge >= 0.3 is 17.9 Å². The first-order valence-electron chi connectivity index (χ1n) is 10.6. The smallest absolute Gasteiger partial charge is 0.307 e. The normalized spacial score (nSPS) is 13.2. The lowest BCUT2D eigenvalue weighted by Gasteiger charge is -2.19. The Morgan fingerprint density at radius 1 is 0.964 bits per heavy atom. The number of allylic oxidation sites excluding steroid dienone is 2. The first kappa shape index (κ1) is 26.1. The third-order valence-corrected chi connectivity index (χ3v) is 4.82. The molecule has 0 saturated carbocycles. The van der Waals surface area contributed by atoms with Crippen molar-refractivity contribution in [2.75, 3.05) is 13.7 Å². The molecule has 0 spiro atoms. The highest BCUT2D eigenvalue weighted by Crippen LogP contribution is 2.23. The summed E-state index contributed by atoms with van der Waals surface area (Å²) in [7, 11) is 1.40. The molecule has 1 N–H and O–H groups in total. The molecule has 0 rings (SSSR count). The van der Waals surface area contributed by atoms with Gasteiger partial charge < -0.3 is 14.6 Å². The Morgan fingerprint density at radius 3 is 2.29 bits per heavy atom. The Hall–Kier alpha value is -1.85. The molecule has 0 fully saturated rings. The van der Waals surface area contributed by atoms with Crippen molar-refractivity contribution in [2.24, 2.45) is 11.8 Å². The fraction of sp³-hybridized carbons (Fsp3) is 0.773. The van der Waals surface area contributed by atoms with Gasteiger partial charge in [0.15, 0.2) is 0 Å². The summed E-state index contributed by atoms with van der Waals surface area (Å²) in [6, 6.07) is 0. The molecule has 0 aliphatic carbocycles. The van der Waals surface area contributed by atoms with Crippen molar-refractivity contribution >= 4 is 17.9 Å². The van der Waals surface area contributed by atoms with Crippen LogP contribution in [0.3, 0.4) is 0 Å². The number of carboxylic acid groups (broad SMARTS) is 1. The number of methoxy groups -OCH3 is 1. The highest BCUT2D eigenvalue weighted by Gasteiger charge is 2.28. The van der Waals surface area contributed by atoms with Gasteiger partial charge in [-0.1, -0.05) is 51.7 Å². The second-order valence-corrected chi connectivity index (χ2v) is 7.11. The van der Waals surface area contributed by atoms with Crippen LogP contribution in [-0.2, 0) is 23.9 Å². The van der Waals surface area contributed by atoms with Crippen LogP contribution in [0, 0.1) is 11.8 Å². The Labute approximate surface area is 169 Å². The van der Waals surface area contributed by atoms with E-state index in [4.69, 9.17) is 4.74 Å². The molecule has 162 valence electrons. The second kappa shape index (κ2) is 17.3. The Bertz CT molecular complexity index is 472. The molecule has 0 saturated heterocycles. The van der Waals surface area contributed by atoms with Crippen LogP contribution in [0.4, 0.5) is 0 Å². The highest BCUT2D eigenvalue weighted by molar-refractivity contribution is 5.79. The molecule has 2 unspecified atom stereocenters. The molecule has 0 aromatic heterocycles. The number of unbranched alkanes of at least 4 members (excludes halogenated alkanes) is 6. The molecule has 0 aliphatic heterocycles. The average molecular weight is 399 g/mol. The SMILES string of the molecule is CCCCCOC(=O)CC(C(=O)O)C(/C=C/CCCCCCC(=O)OC)CC. The number of carboxylic acids is 1. The molecule has 6 heteroatoms. The first-order chi connectivity index (χ1) is 13.5. The van der Waals surface area contributed by atoms with Crippen molar-refractivity contribution < 1.29 is 29.0 Å². The Morgan fingerprint density at radius 2 is 1.68 bits per heavy atom. The van der Waals surface area contributed by atoms with Gasteiger partial charge in [0.1, 0.15) is 0 Å². The van der Waals surface area contributed by atoms with Crippen LogP contribution in [-0.4, -0.2) is 36.7 Å². The molecule has 0 aromatic rings. The minimum Gasteiger partial charge on any atom is -0.481 e. The van der Waals surface area contributed by atoms with Crippen molar-refractivity contribution in [3.63, 3.8) is 0 Å². The van der Waals surface area contributed by atoms with Gasteiger partial charge in [-0.3, -0.25) is 14.4 Å². The van der Waals surface area contributed by atoms with Crippen molar-refractivity contribution in [3.05, 3.63) is 12.2 Å². The monoisotopic (exact) mass is 398 g/mol. The van der Waals surface area contributed by atoms with Crippen molar-refractivity contribution in [1.82, 2.24) is 0 Å². The van der Waals surface area contributed by atoms with E-state index in [0.717, 1.165) is 51.4 Å². The maximum absolute atomic E-state index is 11.9. The van der Waals surface area contributed by atoms with E-state index in [9.17, 15) is 19.5 Å². The topological polar surface area (TPSA) is 89.9 Å². The van der Waals surface area contributed by atoms with E-state index >= 15 is 0 Å². The van der Waals surface area contributed by atoms with Crippen LogP contribution in [0.25, 0.3) is 0 Å². The molecule has 0 bridgehead atoms. The lowest BCUT2D eigenvalue weighted by atomic mass is 9.87. The lowest BCUT2D eigenvalue weighted by Crippen LogP contribution is -2.26. The summed E-state index contributed by atoms with van der Waals surface area (Å²) in [4.78, 5) is 34.6. The van der Waals surface area contributed by atoms with E-state index < -0.39 is 17.9 Å². The van der Waals surface area contributed by atoms with Crippen LogP contribution in [0.1, 0.15) is 84.5 Å². The van der Waals surface area contributed by atoms with Gasteiger partial charge in [0.25, 0.3) is 0 Å². The summed E-state index contributed by atoms with van der Waals surface area (Å²) in [6.07, 6.45) is 12.5. The average Bonchev–Trinajstić information content (AvgIpc) is 2.68. The van der Waals surface area contributed by atoms with Crippen LogP contribution >= 0.6 is 0 Å². The van der Waals surface area contributed by atoms with E-state index in [1.165, 1.54) is 7.11 Å². The van der Waals surface area contributed by atoms with Gasteiger partial charge in [-0.2, -0.15) is 0 Å². The number of rotatable bonds is 17. The van der Waals surface area contributed by atoms with Gasteiger partial charge in [0, 0.05) is 6.42 Å². The lowest BCUT2D eigenvalue weighted by molar-refractivity contribution is -0.152. The number of ether oxygens (including phenoxy) is 2. The van der Waals surface area contributed by atoms with E-state index in [2.05, 4.69) is 11.7 Å². The molecule has 6 nitrogen and oxygen atoms in total. The summed E-state index contributed by atoms with van der Waals surface area (Å²) in [5.41, 5.74) is 0. The van der Waals surface area contributed by atoms with Gasteiger partial charge in [-0.15, -0.1) is 0 Å². The summed E-state index contributed by atoms with van der Waals surface area (Å²) >= 11 is 0. The molecular formula is C22H38O6. The molecule has 2 atom stereocenters. The third kappa shape index (κ3) is 13.3. The highest BCUT2D eigenvalue weighted by atomic mass is 16.5. The maximum Gasteiger partial charge on any atom is 0.307 e.